The van der Waals surface area contributed by atoms with Crippen molar-refractivity contribution in [3.63, 3.8) is 0 Å². The van der Waals surface area contributed by atoms with Gasteiger partial charge in [-0.25, -0.2) is 9.59 Å². The molecule has 1 aliphatic carbocycles. The quantitative estimate of drug-likeness (QED) is 0.605. The number of hydrogen-bond donors (Lipinski definition) is 2. The summed E-state index contributed by atoms with van der Waals surface area (Å²) >= 11 is 0. The van der Waals surface area contributed by atoms with Gasteiger partial charge < -0.3 is 10.1 Å². The van der Waals surface area contributed by atoms with E-state index in [0.717, 1.165) is 12.8 Å². The number of ether oxygens (including phenoxy) is 1. The van der Waals surface area contributed by atoms with Crippen molar-refractivity contribution in [2.24, 2.45) is 5.92 Å². The van der Waals surface area contributed by atoms with E-state index in [1.54, 1.807) is 6.07 Å². The smallest absolute Gasteiger partial charge is 0.344 e. The molecule has 1 aromatic heterocycles. The standard InChI is InChI=1S/C17H20N4O5/c1-11-4-6-17(7-5-11)15(24)21(16(25)19-17)20-13(22)10-26-14(23)12-3-2-8-18-9-12/h2-3,8-9,11H,4-7,10H2,1H3,(H,19,25)(H,20,22). The van der Waals surface area contributed by atoms with Crippen LogP contribution in [0, 0.1) is 5.92 Å². The van der Waals surface area contributed by atoms with Crippen molar-refractivity contribution in [3.05, 3.63) is 30.1 Å². The molecule has 2 fully saturated rings. The van der Waals surface area contributed by atoms with Crippen LogP contribution in [0.25, 0.3) is 0 Å². The van der Waals surface area contributed by atoms with Gasteiger partial charge in [0.05, 0.1) is 5.56 Å². The van der Waals surface area contributed by atoms with E-state index in [4.69, 9.17) is 4.74 Å². The van der Waals surface area contributed by atoms with E-state index in [2.05, 4.69) is 22.7 Å². The van der Waals surface area contributed by atoms with Crippen LogP contribution in [0.3, 0.4) is 0 Å². The fraction of sp³-hybridized carbons (Fsp3) is 0.471. The summed E-state index contributed by atoms with van der Waals surface area (Å²) < 4.78 is 4.86. The molecule has 2 N–H and O–H groups in total. The van der Waals surface area contributed by atoms with Crippen LogP contribution in [0.2, 0.25) is 0 Å². The first-order valence-corrected chi connectivity index (χ1v) is 8.45. The normalized spacial score (nSPS) is 25.1. The number of aromatic nitrogens is 1. The third-order valence-corrected chi connectivity index (χ3v) is 4.76. The second kappa shape index (κ2) is 7.11. The lowest BCUT2D eigenvalue weighted by molar-refractivity contribution is -0.141. The van der Waals surface area contributed by atoms with Crippen LogP contribution in [0.4, 0.5) is 4.79 Å². The minimum atomic E-state index is -0.941. The molecule has 2 aliphatic rings. The highest BCUT2D eigenvalue weighted by molar-refractivity contribution is 6.08. The molecule has 9 nitrogen and oxygen atoms in total. The molecule has 0 aromatic carbocycles. The van der Waals surface area contributed by atoms with E-state index in [-0.39, 0.29) is 5.56 Å². The number of imide groups is 1. The molecular weight excluding hydrogens is 340 g/mol. The molecule has 3 rings (SSSR count). The maximum absolute atomic E-state index is 12.6. The van der Waals surface area contributed by atoms with Crippen molar-refractivity contribution < 1.29 is 23.9 Å². The fourth-order valence-corrected chi connectivity index (χ4v) is 3.17. The van der Waals surface area contributed by atoms with E-state index >= 15 is 0 Å². The van der Waals surface area contributed by atoms with Gasteiger partial charge in [0.25, 0.3) is 11.8 Å². The Labute approximate surface area is 150 Å². The summed E-state index contributed by atoms with van der Waals surface area (Å²) in [6.45, 7) is 1.49. The number of carbonyl (C=O) groups is 4. The maximum Gasteiger partial charge on any atom is 0.344 e. The number of amides is 4. The molecule has 1 aromatic rings. The Morgan fingerprint density at radius 3 is 2.77 bits per heavy atom. The summed E-state index contributed by atoms with van der Waals surface area (Å²) in [5, 5.41) is 3.37. The number of hydrogen-bond acceptors (Lipinski definition) is 6. The Morgan fingerprint density at radius 1 is 1.38 bits per heavy atom. The van der Waals surface area contributed by atoms with Crippen LogP contribution in [0.5, 0.6) is 0 Å². The highest BCUT2D eigenvalue weighted by atomic mass is 16.5. The van der Waals surface area contributed by atoms with Gasteiger partial charge in [-0.05, 0) is 43.7 Å². The van der Waals surface area contributed by atoms with Gasteiger partial charge in [-0.1, -0.05) is 6.92 Å². The number of nitrogens with zero attached hydrogens (tertiary/aromatic N) is 2. The Balaban J connectivity index is 1.55. The number of pyridine rings is 1. The zero-order chi connectivity index (χ0) is 18.7. The molecule has 1 aliphatic heterocycles. The lowest BCUT2D eigenvalue weighted by Gasteiger charge is -2.33. The van der Waals surface area contributed by atoms with E-state index < -0.39 is 36.0 Å². The monoisotopic (exact) mass is 360 g/mol. The van der Waals surface area contributed by atoms with Crippen molar-refractivity contribution in [2.75, 3.05) is 6.61 Å². The van der Waals surface area contributed by atoms with E-state index in [0.29, 0.717) is 23.8 Å². The van der Waals surface area contributed by atoms with Gasteiger partial charge in [-0.2, -0.15) is 5.01 Å². The number of carbonyl (C=O) groups excluding carboxylic acids is 4. The maximum atomic E-state index is 12.6. The van der Waals surface area contributed by atoms with Gasteiger partial charge in [0.2, 0.25) is 0 Å². The number of nitrogens with one attached hydrogen (secondary N) is 2. The van der Waals surface area contributed by atoms with Crippen LogP contribution in [0.1, 0.15) is 43.0 Å². The molecule has 1 saturated heterocycles. The van der Waals surface area contributed by atoms with E-state index in [1.807, 2.05) is 0 Å². The second-order valence-electron chi connectivity index (χ2n) is 6.69. The summed E-state index contributed by atoms with van der Waals surface area (Å²) in [4.78, 5) is 52.2. The van der Waals surface area contributed by atoms with Crippen molar-refractivity contribution in [3.8, 4) is 0 Å². The molecule has 1 saturated carbocycles. The first-order valence-electron chi connectivity index (χ1n) is 8.45. The lowest BCUT2D eigenvalue weighted by atomic mass is 9.77. The Morgan fingerprint density at radius 2 is 2.12 bits per heavy atom. The molecule has 0 unspecified atom stereocenters. The molecule has 2 heterocycles. The first kappa shape index (κ1) is 17.8. The highest BCUT2D eigenvalue weighted by Gasteiger charge is 2.52. The molecule has 0 atom stereocenters. The largest absolute Gasteiger partial charge is 0.452 e. The highest BCUT2D eigenvalue weighted by Crippen LogP contribution is 2.35. The zero-order valence-electron chi connectivity index (χ0n) is 14.4. The third kappa shape index (κ3) is 3.51. The molecule has 0 bridgehead atoms. The number of urea groups is 1. The Kier molecular flexibility index (Phi) is 4.88. The average molecular weight is 360 g/mol. The van der Waals surface area contributed by atoms with Gasteiger partial charge in [0, 0.05) is 12.4 Å². The van der Waals surface area contributed by atoms with Gasteiger partial charge >= 0.3 is 12.0 Å². The zero-order valence-corrected chi connectivity index (χ0v) is 14.4. The van der Waals surface area contributed by atoms with Crippen molar-refractivity contribution in [1.82, 2.24) is 20.7 Å². The third-order valence-electron chi connectivity index (χ3n) is 4.76. The molecular formula is C17H20N4O5. The van der Waals surface area contributed by atoms with Crippen LogP contribution in [-0.4, -0.2) is 46.0 Å². The van der Waals surface area contributed by atoms with E-state index in [9.17, 15) is 19.2 Å². The SMILES string of the molecule is CC1CCC2(CC1)NC(=O)N(NC(=O)COC(=O)c1cccnc1)C2=O. The summed E-state index contributed by atoms with van der Waals surface area (Å²) in [6.07, 6.45) is 5.56. The van der Waals surface area contributed by atoms with Gasteiger partial charge in [0.1, 0.15) is 5.54 Å². The van der Waals surface area contributed by atoms with Crippen LogP contribution >= 0.6 is 0 Å². The molecule has 1 spiro atoms. The average Bonchev–Trinajstić information content (AvgIpc) is 2.87. The van der Waals surface area contributed by atoms with Gasteiger partial charge in [0.15, 0.2) is 6.61 Å². The number of rotatable bonds is 4. The summed E-state index contributed by atoms with van der Waals surface area (Å²) in [7, 11) is 0. The minimum Gasteiger partial charge on any atom is -0.452 e. The van der Waals surface area contributed by atoms with Crippen molar-refractivity contribution in [1.29, 1.82) is 0 Å². The molecule has 26 heavy (non-hydrogen) atoms. The predicted octanol–water partition coefficient (Wildman–Crippen LogP) is 0.770. The summed E-state index contributed by atoms with van der Waals surface area (Å²) in [5.41, 5.74) is 1.47. The van der Waals surface area contributed by atoms with Crippen LogP contribution < -0.4 is 10.7 Å². The van der Waals surface area contributed by atoms with Gasteiger partial charge in [-0.3, -0.25) is 20.0 Å². The van der Waals surface area contributed by atoms with Gasteiger partial charge in [-0.15, -0.1) is 0 Å². The molecule has 4 amide bonds. The van der Waals surface area contributed by atoms with E-state index in [1.165, 1.54) is 18.5 Å². The van der Waals surface area contributed by atoms with Crippen LogP contribution in [-0.2, 0) is 14.3 Å². The predicted molar refractivity (Wildman–Crippen MR) is 88.4 cm³/mol. The molecule has 138 valence electrons. The Hall–Kier alpha value is -2.97. The summed E-state index contributed by atoms with van der Waals surface area (Å²) in [6, 6.07) is 2.39. The minimum absolute atomic E-state index is 0.200. The number of hydrazine groups is 1. The fourth-order valence-electron chi connectivity index (χ4n) is 3.17. The van der Waals surface area contributed by atoms with Crippen molar-refractivity contribution in [2.45, 2.75) is 38.1 Å². The first-order chi connectivity index (χ1) is 12.4. The summed E-state index contributed by atoms with van der Waals surface area (Å²) in [5.74, 6) is -1.46. The number of esters is 1. The lowest BCUT2D eigenvalue weighted by Crippen LogP contribution is -2.52. The van der Waals surface area contributed by atoms with Crippen molar-refractivity contribution >= 4 is 23.8 Å². The molecule has 0 radical (unpaired) electrons. The topological polar surface area (TPSA) is 118 Å². The van der Waals surface area contributed by atoms with Crippen LogP contribution in [0.15, 0.2) is 24.5 Å². The second-order valence-corrected chi connectivity index (χ2v) is 6.69. The molecule has 9 heteroatoms. The Bertz CT molecular complexity index is 728.